The Morgan fingerprint density at radius 2 is 1.96 bits per heavy atom. The van der Waals surface area contributed by atoms with Gasteiger partial charge in [-0.25, -0.2) is 8.42 Å². The van der Waals surface area contributed by atoms with Crippen molar-refractivity contribution in [3.63, 3.8) is 0 Å². The number of benzene rings is 1. The number of ether oxygens (including phenoxy) is 1. The van der Waals surface area contributed by atoms with Crippen LogP contribution in [0.2, 0.25) is 0 Å². The lowest BCUT2D eigenvalue weighted by Crippen LogP contribution is -2.35. The van der Waals surface area contributed by atoms with Gasteiger partial charge in [0.25, 0.3) is 5.91 Å². The normalized spacial score (nSPS) is 10.9. The maximum atomic E-state index is 12.1. The van der Waals surface area contributed by atoms with Crippen molar-refractivity contribution < 1.29 is 22.7 Å². The van der Waals surface area contributed by atoms with Crippen LogP contribution in [0.15, 0.2) is 29.2 Å². The zero-order chi connectivity index (χ0) is 18.2. The van der Waals surface area contributed by atoms with Crippen molar-refractivity contribution >= 4 is 21.9 Å². The zero-order valence-electron chi connectivity index (χ0n) is 13.4. The summed E-state index contributed by atoms with van der Waals surface area (Å²) in [5.74, 6) is -1.10. The molecule has 0 unspecified atom stereocenters. The van der Waals surface area contributed by atoms with Crippen LogP contribution in [-0.4, -0.2) is 40.0 Å². The van der Waals surface area contributed by atoms with Crippen molar-refractivity contribution in [2.45, 2.75) is 18.7 Å². The molecule has 0 radical (unpaired) electrons. The van der Waals surface area contributed by atoms with Crippen molar-refractivity contribution in [2.24, 2.45) is 5.92 Å². The van der Waals surface area contributed by atoms with Crippen LogP contribution in [0, 0.1) is 17.2 Å². The first-order valence-electron chi connectivity index (χ1n) is 7.17. The van der Waals surface area contributed by atoms with Gasteiger partial charge in [0.05, 0.1) is 10.5 Å². The van der Waals surface area contributed by atoms with Gasteiger partial charge >= 0.3 is 5.97 Å². The molecule has 0 aliphatic heterocycles. The SMILES string of the molecule is CC(C)CNC(=O)COC(=O)CNS(=O)(=O)c1ccccc1C#N. The fraction of sp³-hybridized carbons (Fsp3) is 0.400. The molecule has 24 heavy (non-hydrogen) atoms. The standard InChI is InChI=1S/C15H19N3O5S/c1-11(2)8-17-14(19)10-23-15(20)9-18-24(21,22)13-6-4-3-5-12(13)7-16/h3-6,11,18H,8-10H2,1-2H3,(H,17,19). The molecule has 2 N–H and O–H groups in total. The molecular formula is C15H19N3O5S. The minimum absolute atomic E-state index is 0.0357. The van der Waals surface area contributed by atoms with E-state index in [0.717, 1.165) is 0 Å². The van der Waals surface area contributed by atoms with E-state index < -0.39 is 35.1 Å². The van der Waals surface area contributed by atoms with Crippen LogP contribution in [0.5, 0.6) is 0 Å². The maximum Gasteiger partial charge on any atom is 0.321 e. The van der Waals surface area contributed by atoms with Gasteiger partial charge in [-0.1, -0.05) is 26.0 Å². The highest BCUT2D eigenvalue weighted by Crippen LogP contribution is 2.13. The van der Waals surface area contributed by atoms with E-state index in [0.29, 0.717) is 6.54 Å². The van der Waals surface area contributed by atoms with E-state index in [1.807, 2.05) is 18.6 Å². The molecule has 0 spiro atoms. The number of sulfonamides is 1. The Balaban J connectivity index is 2.52. The lowest BCUT2D eigenvalue weighted by molar-refractivity contribution is -0.147. The predicted molar refractivity (Wildman–Crippen MR) is 85.2 cm³/mol. The molecule has 8 nitrogen and oxygen atoms in total. The van der Waals surface area contributed by atoms with Crippen molar-refractivity contribution in [1.82, 2.24) is 10.0 Å². The Bertz CT molecular complexity index is 738. The molecule has 1 rings (SSSR count). The number of rotatable bonds is 8. The van der Waals surface area contributed by atoms with E-state index in [2.05, 4.69) is 10.1 Å². The summed E-state index contributed by atoms with van der Waals surface area (Å²) in [6, 6.07) is 7.37. The molecule has 0 fully saturated rings. The Hall–Kier alpha value is -2.44. The van der Waals surface area contributed by atoms with Crippen LogP contribution in [0.4, 0.5) is 0 Å². The number of nitrogens with zero attached hydrogens (tertiary/aromatic N) is 1. The average Bonchev–Trinajstić information content (AvgIpc) is 2.56. The fourth-order valence-corrected chi connectivity index (χ4v) is 2.72. The Morgan fingerprint density at radius 1 is 1.29 bits per heavy atom. The summed E-state index contributed by atoms with van der Waals surface area (Å²) in [6.45, 7) is 3.16. The molecule has 9 heteroatoms. The molecule has 0 saturated heterocycles. The third-order valence-electron chi connectivity index (χ3n) is 2.78. The third kappa shape index (κ3) is 6.36. The van der Waals surface area contributed by atoms with Gasteiger partial charge in [0.1, 0.15) is 12.6 Å². The summed E-state index contributed by atoms with van der Waals surface area (Å²) >= 11 is 0. The number of carbonyl (C=O) groups excluding carboxylic acids is 2. The molecule has 0 atom stereocenters. The van der Waals surface area contributed by atoms with Crippen molar-refractivity contribution in [3.8, 4) is 6.07 Å². The van der Waals surface area contributed by atoms with Crippen molar-refractivity contribution in [3.05, 3.63) is 29.8 Å². The monoisotopic (exact) mass is 353 g/mol. The second-order valence-electron chi connectivity index (χ2n) is 5.29. The molecule has 0 aliphatic carbocycles. The highest BCUT2D eigenvalue weighted by atomic mass is 32.2. The lowest BCUT2D eigenvalue weighted by atomic mass is 10.2. The maximum absolute atomic E-state index is 12.1. The number of nitrogens with one attached hydrogen (secondary N) is 2. The van der Waals surface area contributed by atoms with Crippen LogP contribution in [0.25, 0.3) is 0 Å². The highest BCUT2D eigenvalue weighted by molar-refractivity contribution is 7.89. The van der Waals surface area contributed by atoms with E-state index in [1.165, 1.54) is 24.3 Å². The molecule has 0 aromatic heterocycles. The van der Waals surface area contributed by atoms with Gasteiger partial charge in [-0.15, -0.1) is 0 Å². The summed E-state index contributed by atoms with van der Waals surface area (Å²) in [5.41, 5.74) is -0.0357. The van der Waals surface area contributed by atoms with E-state index in [4.69, 9.17) is 5.26 Å². The Morgan fingerprint density at radius 3 is 2.58 bits per heavy atom. The molecule has 1 amide bonds. The third-order valence-corrected chi connectivity index (χ3v) is 4.23. The Kier molecular flexibility index (Phi) is 7.35. The summed E-state index contributed by atoms with van der Waals surface area (Å²) in [4.78, 5) is 22.7. The van der Waals surface area contributed by atoms with Crippen LogP contribution in [0.1, 0.15) is 19.4 Å². The fourth-order valence-electron chi connectivity index (χ4n) is 1.59. The highest BCUT2D eigenvalue weighted by Gasteiger charge is 2.19. The molecule has 0 heterocycles. The zero-order valence-corrected chi connectivity index (χ0v) is 14.2. The Labute approximate surface area is 140 Å². The first kappa shape index (κ1) is 19.6. The van der Waals surface area contributed by atoms with Gasteiger partial charge in [-0.3, -0.25) is 9.59 Å². The van der Waals surface area contributed by atoms with Crippen LogP contribution < -0.4 is 10.0 Å². The van der Waals surface area contributed by atoms with Gasteiger partial charge < -0.3 is 10.1 Å². The summed E-state index contributed by atoms with van der Waals surface area (Å²) < 4.78 is 30.9. The first-order chi connectivity index (χ1) is 11.3. The summed E-state index contributed by atoms with van der Waals surface area (Å²) in [6.07, 6.45) is 0. The van der Waals surface area contributed by atoms with Crippen LogP contribution >= 0.6 is 0 Å². The number of nitriles is 1. The molecule has 1 aromatic rings. The molecule has 0 saturated carbocycles. The van der Waals surface area contributed by atoms with E-state index >= 15 is 0 Å². The van der Waals surface area contributed by atoms with Gasteiger partial charge in [0.2, 0.25) is 10.0 Å². The van der Waals surface area contributed by atoms with E-state index in [9.17, 15) is 18.0 Å². The minimum Gasteiger partial charge on any atom is -0.455 e. The average molecular weight is 353 g/mol. The molecule has 130 valence electrons. The molecule has 0 bridgehead atoms. The minimum atomic E-state index is -4.03. The molecule has 1 aromatic carbocycles. The first-order valence-corrected chi connectivity index (χ1v) is 8.65. The smallest absolute Gasteiger partial charge is 0.321 e. The molecule has 0 aliphatic rings. The number of amides is 1. The molecular weight excluding hydrogens is 334 g/mol. The van der Waals surface area contributed by atoms with Crippen LogP contribution in [0.3, 0.4) is 0 Å². The van der Waals surface area contributed by atoms with E-state index in [1.54, 1.807) is 6.07 Å². The number of carbonyl (C=O) groups is 2. The summed E-state index contributed by atoms with van der Waals surface area (Å²) in [7, 11) is -4.03. The largest absolute Gasteiger partial charge is 0.455 e. The second-order valence-corrected chi connectivity index (χ2v) is 7.03. The van der Waals surface area contributed by atoms with Gasteiger partial charge in [0, 0.05) is 6.54 Å². The second kappa shape index (κ2) is 9.00. The van der Waals surface area contributed by atoms with Crippen molar-refractivity contribution in [1.29, 1.82) is 5.26 Å². The van der Waals surface area contributed by atoms with Gasteiger partial charge in [-0.05, 0) is 18.1 Å². The lowest BCUT2D eigenvalue weighted by Gasteiger charge is -2.09. The van der Waals surface area contributed by atoms with Gasteiger partial charge in [-0.2, -0.15) is 9.98 Å². The number of esters is 1. The number of hydrogen-bond acceptors (Lipinski definition) is 6. The quantitative estimate of drug-likeness (QED) is 0.641. The summed E-state index contributed by atoms with van der Waals surface area (Å²) in [5, 5.41) is 11.5. The van der Waals surface area contributed by atoms with Crippen molar-refractivity contribution in [2.75, 3.05) is 19.7 Å². The van der Waals surface area contributed by atoms with Gasteiger partial charge in [0.15, 0.2) is 6.61 Å². The van der Waals surface area contributed by atoms with Crippen LogP contribution in [-0.2, 0) is 24.3 Å². The topological polar surface area (TPSA) is 125 Å². The predicted octanol–water partition coefficient (Wildman–Crippen LogP) is 0.152. The van der Waals surface area contributed by atoms with E-state index in [-0.39, 0.29) is 16.4 Å². The number of hydrogen-bond donors (Lipinski definition) is 2.